The van der Waals surface area contributed by atoms with Crippen molar-refractivity contribution in [2.75, 3.05) is 18.9 Å². The van der Waals surface area contributed by atoms with Gasteiger partial charge in [0.15, 0.2) is 0 Å². The monoisotopic (exact) mass is 317 g/mol. The maximum Gasteiger partial charge on any atom is 0.250 e. The van der Waals surface area contributed by atoms with Gasteiger partial charge in [0.25, 0.3) is 5.56 Å². The molecule has 2 aromatic rings. The van der Waals surface area contributed by atoms with Crippen molar-refractivity contribution in [3.63, 3.8) is 0 Å². The van der Waals surface area contributed by atoms with E-state index in [-0.39, 0.29) is 24.6 Å². The number of hydrogen-bond acceptors (Lipinski definition) is 3. The summed E-state index contributed by atoms with van der Waals surface area (Å²) in [6.07, 6.45) is 1.50. The second-order valence-electron chi connectivity index (χ2n) is 4.98. The van der Waals surface area contributed by atoms with Crippen LogP contribution in [0.15, 0.2) is 53.5 Å². The number of nitrogens with one attached hydrogen (secondary N) is 1. The summed E-state index contributed by atoms with van der Waals surface area (Å²) >= 11 is 0. The average Bonchev–Trinajstić information content (AvgIpc) is 2.49. The molecule has 7 heteroatoms. The van der Waals surface area contributed by atoms with Crippen LogP contribution in [0.4, 0.5) is 10.1 Å². The van der Waals surface area contributed by atoms with Crippen molar-refractivity contribution in [1.29, 1.82) is 0 Å². The van der Waals surface area contributed by atoms with Gasteiger partial charge in [0.1, 0.15) is 12.4 Å². The van der Waals surface area contributed by atoms with E-state index in [2.05, 4.69) is 5.32 Å². The van der Waals surface area contributed by atoms with Crippen LogP contribution in [-0.2, 0) is 16.1 Å². The molecular formula is C16H16FN3O3. The summed E-state index contributed by atoms with van der Waals surface area (Å²) in [4.78, 5) is 36.6. The summed E-state index contributed by atoms with van der Waals surface area (Å²) in [6.45, 7) is -0.347. The first-order valence-electron chi connectivity index (χ1n) is 6.90. The van der Waals surface area contributed by atoms with E-state index in [4.69, 9.17) is 0 Å². The van der Waals surface area contributed by atoms with Crippen LogP contribution in [-0.4, -0.2) is 34.9 Å². The third kappa shape index (κ3) is 4.77. The van der Waals surface area contributed by atoms with Gasteiger partial charge in [0.2, 0.25) is 11.8 Å². The minimum atomic E-state index is -0.462. The van der Waals surface area contributed by atoms with Gasteiger partial charge in [-0.1, -0.05) is 12.1 Å². The van der Waals surface area contributed by atoms with E-state index in [0.29, 0.717) is 5.69 Å². The second-order valence-corrected chi connectivity index (χ2v) is 4.98. The van der Waals surface area contributed by atoms with Gasteiger partial charge in [-0.2, -0.15) is 0 Å². The topological polar surface area (TPSA) is 71.4 Å². The molecule has 0 radical (unpaired) electrons. The maximum atomic E-state index is 13.0. The molecule has 120 valence electrons. The first-order chi connectivity index (χ1) is 11.0. The molecule has 0 atom stereocenters. The fourth-order valence-electron chi connectivity index (χ4n) is 1.93. The summed E-state index contributed by atoms with van der Waals surface area (Å²) in [5, 5.41) is 2.50. The van der Waals surface area contributed by atoms with Crippen molar-refractivity contribution < 1.29 is 14.0 Å². The van der Waals surface area contributed by atoms with E-state index >= 15 is 0 Å². The zero-order valence-corrected chi connectivity index (χ0v) is 12.5. The molecule has 1 aromatic carbocycles. The van der Waals surface area contributed by atoms with Crippen LogP contribution in [0.5, 0.6) is 0 Å². The highest BCUT2D eigenvalue weighted by Gasteiger charge is 2.14. The normalized spacial score (nSPS) is 10.2. The molecule has 0 fully saturated rings. The Kier molecular flexibility index (Phi) is 5.24. The Labute approximate surface area is 132 Å². The smallest absolute Gasteiger partial charge is 0.250 e. The number of anilines is 1. The first kappa shape index (κ1) is 16.4. The van der Waals surface area contributed by atoms with Crippen LogP contribution in [0.1, 0.15) is 0 Å². The molecule has 0 bridgehead atoms. The highest BCUT2D eigenvalue weighted by Crippen LogP contribution is 2.08. The Morgan fingerprint density at radius 3 is 2.70 bits per heavy atom. The molecule has 2 amide bonds. The molecule has 1 heterocycles. The maximum absolute atomic E-state index is 13.0. The number of carbonyl (C=O) groups excluding carboxylic acids is 2. The lowest BCUT2D eigenvalue weighted by Crippen LogP contribution is -2.38. The highest BCUT2D eigenvalue weighted by molar-refractivity contribution is 5.94. The molecule has 0 saturated heterocycles. The van der Waals surface area contributed by atoms with Crippen molar-refractivity contribution in [1.82, 2.24) is 9.47 Å². The van der Waals surface area contributed by atoms with E-state index in [9.17, 15) is 18.8 Å². The van der Waals surface area contributed by atoms with E-state index in [1.54, 1.807) is 18.2 Å². The van der Waals surface area contributed by atoms with Gasteiger partial charge in [-0.25, -0.2) is 4.39 Å². The Morgan fingerprint density at radius 2 is 2.00 bits per heavy atom. The minimum Gasteiger partial charge on any atom is -0.335 e. The number of benzene rings is 1. The minimum absolute atomic E-state index is 0.149. The molecule has 0 unspecified atom stereocenters. The van der Waals surface area contributed by atoms with Gasteiger partial charge in [-0.3, -0.25) is 14.4 Å². The number of amides is 2. The average molecular weight is 317 g/mol. The van der Waals surface area contributed by atoms with Crippen molar-refractivity contribution >= 4 is 17.5 Å². The van der Waals surface area contributed by atoms with Crippen LogP contribution in [0.3, 0.4) is 0 Å². The van der Waals surface area contributed by atoms with E-state index in [1.165, 1.54) is 47.0 Å². The number of likely N-dealkylation sites (N-methyl/N-ethyl adjacent to an activating group) is 1. The van der Waals surface area contributed by atoms with Gasteiger partial charge >= 0.3 is 0 Å². The Bertz CT molecular complexity index is 773. The molecule has 2 rings (SSSR count). The van der Waals surface area contributed by atoms with Gasteiger partial charge in [0.05, 0.1) is 6.54 Å². The van der Waals surface area contributed by atoms with Crippen LogP contribution in [0.25, 0.3) is 0 Å². The largest absolute Gasteiger partial charge is 0.335 e. The molecule has 0 aliphatic rings. The number of aromatic nitrogens is 1. The third-order valence-electron chi connectivity index (χ3n) is 3.12. The summed E-state index contributed by atoms with van der Waals surface area (Å²) < 4.78 is 14.3. The molecule has 0 saturated carbocycles. The zero-order valence-electron chi connectivity index (χ0n) is 12.5. The zero-order chi connectivity index (χ0) is 16.8. The van der Waals surface area contributed by atoms with Crippen molar-refractivity contribution in [2.24, 2.45) is 0 Å². The Balaban J connectivity index is 1.91. The molecule has 0 spiro atoms. The SMILES string of the molecule is CN(CC(=O)Nc1cccc(F)c1)C(=O)Cn1ccccc1=O. The summed E-state index contributed by atoms with van der Waals surface area (Å²) in [7, 11) is 1.46. The predicted octanol–water partition coefficient (Wildman–Crippen LogP) is 1.08. The molecule has 1 aromatic heterocycles. The lowest BCUT2D eigenvalue weighted by molar-refractivity contribution is -0.133. The van der Waals surface area contributed by atoms with Crippen LogP contribution >= 0.6 is 0 Å². The predicted molar refractivity (Wildman–Crippen MR) is 83.4 cm³/mol. The van der Waals surface area contributed by atoms with Crippen molar-refractivity contribution in [2.45, 2.75) is 6.54 Å². The quantitative estimate of drug-likeness (QED) is 0.897. The fraction of sp³-hybridized carbons (Fsp3) is 0.188. The van der Waals surface area contributed by atoms with Crippen LogP contribution in [0, 0.1) is 5.82 Å². The summed E-state index contributed by atoms with van der Waals surface area (Å²) in [6, 6.07) is 10.1. The number of halogens is 1. The molecule has 0 aliphatic carbocycles. The Hall–Kier alpha value is -2.96. The lowest BCUT2D eigenvalue weighted by atomic mass is 10.3. The number of pyridine rings is 1. The van der Waals surface area contributed by atoms with Crippen molar-refractivity contribution in [3.8, 4) is 0 Å². The molecular weight excluding hydrogens is 301 g/mol. The lowest BCUT2D eigenvalue weighted by Gasteiger charge is -2.17. The van der Waals surface area contributed by atoms with Crippen LogP contribution in [0.2, 0.25) is 0 Å². The van der Waals surface area contributed by atoms with Crippen molar-refractivity contribution in [3.05, 3.63) is 64.8 Å². The molecule has 0 aliphatic heterocycles. The number of rotatable bonds is 5. The summed E-state index contributed by atoms with van der Waals surface area (Å²) in [5.74, 6) is -1.30. The van der Waals surface area contributed by atoms with E-state index in [0.717, 1.165) is 0 Å². The summed E-state index contributed by atoms with van der Waals surface area (Å²) in [5.41, 5.74) is 0.0218. The molecule has 1 N–H and O–H groups in total. The van der Waals surface area contributed by atoms with Gasteiger partial charge in [-0.05, 0) is 24.3 Å². The number of carbonyl (C=O) groups is 2. The standard InChI is InChI=1S/C16H16FN3O3/c1-19(16(23)11-20-8-3-2-7-15(20)22)10-14(21)18-13-6-4-5-12(17)9-13/h2-9H,10-11H2,1H3,(H,18,21). The molecule has 6 nitrogen and oxygen atoms in total. The van der Waals surface area contributed by atoms with E-state index < -0.39 is 11.7 Å². The first-order valence-corrected chi connectivity index (χ1v) is 6.90. The number of nitrogens with zero attached hydrogens (tertiary/aromatic N) is 2. The third-order valence-corrected chi connectivity index (χ3v) is 3.12. The highest BCUT2D eigenvalue weighted by atomic mass is 19.1. The van der Waals surface area contributed by atoms with E-state index in [1.807, 2.05) is 0 Å². The fourth-order valence-corrected chi connectivity index (χ4v) is 1.93. The van der Waals surface area contributed by atoms with Gasteiger partial charge in [0, 0.05) is 25.0 Å². The van der Waals surface area contributed by atoms with Gasteiger partial charge in [-0.15, -0.1) is 0 Å². The van der Waals surface area contributed by atoms with Gasteiger partial charge < -0.3 is 14.8 Å². The van der Waals surface area contributed by atoms with Crippen LogP contribution < -0.4 is 10.9 Å². The Morgan fingerprint density at radius 1 is 1.22 bits per heavy atom. The number of hydrogen-bond donors (Lipinski definition) is 1. The molecule has 23 heavy (non-hydrogen) atoms. The second kappa shape index (κ2) is 7.35.